The molecule has 78 valence electrons. The Morgan fingerprint density at radius 3 is 1.93 bits per heavy atom. The molecule has 0 aliphatic heterocycles. The molecule has 0 bridgehead atoms. The van der Waals surface area contributed by atoms with Crippen LogP contribution in [-0.4, -0.2) is 0 Å². The Kier molecular flexibility index (Phi) is 4.53. The van der Waals surface area contributed by atoms with Crippen LogP contribution >= 0.6 is 39.0 Å². The Morgan fingerprint density at radius 1 is 1.07 bits per heavy atom. The highest BCUT2D eigenvalue weighted by atomic mass is 36.1. The summed E-state index contributed by atoms with van der Waals surface area (Å²) in [4.78, 5) is 0. The van der Waals surface area contributed by atoms with Crippen molar-refractivity contribution >= 4 is 39.0 Å². The van der Waals surface area contributed by atoms with Crippen molar-refractivity contribution in [1.29, 1.82) is 0 Å². The van der Waals surface area contributed by atoms with E-state index >= 15 is 0 Å². The maximum absolute atomic E-state index is 5.81. The smallest absolute Gasteiger partial charge is 0.0587 e. The van der Waals surface area contributed by atoms with Crippen LogP contribution in [0.4, 0.5) is 0 Å². The Morgan fingerprint density at radius 2 is 1.57 bits per heavy atom. The first-order valence-electron chi connectivity index (χ1n) is 4.44. The van der Waals surface area contributed by atoms with E-state index < -0.39 is 5.32 Å². The Balaban J connectivity index is 2.74. The summed E-state index contributed by atoms with van der Waals surface area (Å²) in [6, 6.07) is 8.27. The molecule has 0 nitrogen and oxygen atoms in total. The summed E-state index contributed by atoms with van der Waals surface area (Å²) in [5, 5.41) is -2.26. The molecule has 0 N–H and O–H groups in total. The van der Waals surface area contributed by atoms with Crippen LogP contribution < -0.4 is 0 Å². The molecule has 0 saturated carbocycles. The average Bonchev–Trinajstić information content (AvgIpc) is 2.02. The fourth-order valence-electron chi connectivity index (χ4n) is 1.21. The second kappa shape index (κ2) is 5.03. The van der Waals surface area contributed by atoms with E-state index in [9.17, 15) is 0 Å². The zero-order valence-electron chi connectivity index (χ0n) is 8.17. The van der Waals surface area contributed by atoms with E-state index in [4.69, 9.17) is 33.7 Å². The molecule has 1 rings (SSSR count). The SMILES string of the molecule is CC(C)c1ccc(C[P+](Cl)(Cl)Cl)cc1. The van der Waals surface area contributed by atoms with E-state index in [1.807, 2.05) is 12.1 Å². The average molecular weight is 271 g/mol. The van der Waals surface area contributed by atoms with Gasteiger partial charge in [-0.1, -0.05) is 38.1 Å². The number of hydrogen-bond donors (Lipinski definition) is 0. The van der Waals surface area contributed by atoms with Gasteiger partial charge in [0.05, 0.1) is 0 Å². The fraction of sp³-hybridized carbons (Fsp3) is 0.400. The van der Waals surface area contributed by atoms with Gasteiger partial charge in [-0.05, 0) is 17.0 Å². The maximum Gasteiger partial charge on any atom is 0.312 e. The lowest BCUT2D eigenvalue weighted by Gasteiger charge is -2.06. The monoisotopic (exact) mass is 269 g/mol. The van der Waals surface area contributed by atoms with Gasteiger partial charge in [0.25, 0.3) is 0 Å². The lowest BCUT2D eigenvalue weighted by atomic mass is 10.0. The summed E-state index contributed by atoms with van der Waals surface area (Å²) < 4.78 is 0. The summed E-state index contributed by atoms with van der Waals surface area (Å²) in [5.41, 5.74) is 2.42. The molecule has 0 aliphatic rings. The molecule has 0 aromatic heterocycles. The van der Waals surface area contributed by atoms with Crippen LogP contribution in [-0.2, 0) is 6.16 Å². The molecule has 1 aromatic rings. The molecule has 14 heavy (non-hydrogen) atoms. The number of halogens is 3. The third-order valence-electron chi connectivity index (χ3n) is 2.01. The van der Waals surface area contributed by atoms with E-state index in [1.54, 1.807) is 0 Å². The Bertz CT molecular complexity index is 287. The predicted molar refractivity (Wildman–Crippen MR) is 68.7 cm³/mol. The van der Waals surface area contributed by atoms with Crippen LogP contribution in [0.2, 0.25) is 0 Å². The zero-order chi connectivity index (χ0) is 10.8. The van der Waals surface area contributed by atoms with Gasteiger partial charge in [0.2, 0.25) is 0 Å². The van der Waals surface area contributed by atoms with Crippen molar-refractivity contribution in [3.05, 3.63) is 35.4 Å². The van der Waals surface area contributed by atoms with E-state index in [0.717, 1.165) is 5.56 Å². The molecule has 0 radical (unpaired) electrons. The van der Waals surface area contributed by atoms with Crippen LogP contribution in [0.5, 0.6) is 0 Å². The molecule has 0 fully saturated rings. The van der Waals surface area contributed by atoms with E-state index in [-0.39, 0.29) is 0 Å². The second-order valence-corrected chi connectivity index (χ2v) is 11.8. The van der Waals surface area contributed by atoms with Gasteiger partial charge in [0, 0.05) is 0 Å². The standard InChI is InChI=1S/C10H13Cl3P/c1-8(2)10-5-3-9(4-6-10)7-14(11,12)13/h3-6,8H,7H2,1-2H3/q+1. The van der Waals surface area contributed by atoms with Gasteiger partial charge in [-0.15, -0.1) is 0 Å². The van der Waals surface area contributed by atoms with Gasteiger partial charge >= 0.3 is 5.32 Å². The van der Waals surface area contributed by atoms with Crippen molar-refractivity contribution in [3.8, 4) is 0 Å². The molecule has 4 heteroatoms. The normalized spacial score (nSPS) is 12.1. The Labute approximate surface area is 100 Å². The van der Waals surface area contributed by atoms with Crippen molar-refractivity contribution < 1.29 is 0 Å². The fourth-order valence-corrected chi connectivity index (χ4v) is 3.08. The van der Waals surface area contributed by atoms with Gasteiger partial charge in [0.15, 0.2) is 0 Å². The van der Waals surface area contributed by atoms with Crippen molar-refractivity contribution in [2.45, 2.75) is 25.9 Å². The Hall–Kier alpha value is 0.520. The van der Waals surface area contributed by atoms with Crippen LogP contribution in [0.25, 0.3) is 0 Å². The quantitative estimate of drug-likeness (QED) is 0.610. The molecule has 0 saturated heterocycles. The number of benzene rings is 1. The highest BCUT2D eigenvalue weighted by Gasteiger charge is 2.32. The first-order valence-corrected chi connectivity index (χ1v) is 9.13. The summed E-state index contributed by atoms with van der Waals surface area (Å²) in [7, 11) is 0. The lowest BCUT2D eigenvalue weighted by Crippen LogP contribution is -1.88. The molecule has 0 amide bonds. The third kappa shape index (κ3) is 4.36. The minimum absolute atomic E-state index is 0.548. The third-order valence-corrected chi connectivity index (χ3v) is 3.81. The van der Waals surface area contributed by atoms with E-state index in [1.165, 1.54) is 5.56 Å². The van der Waals surface area contributed by atoms with E-state index in [0.29, 0.717) is 12.1 Å². The summed E-state index contributed by atoms with van der Waals surface area (Å²) in [5.74, 6) is 0.548. The van der Waals surface area contributed by atoms with Crippen LogP contribution in [0.15, 0.2) is 24.3 Å². The largest absolute Gasteiger partial charge is 0.312 e. The summed E-state index contributed by atoms with van der Waals surface area (Å²) in [6.45, 7) is 4.33. The minimum atomic E-state index is -2.26. The lowest BCUT2D eigenvalue weighted by molar-refractivity contribution is 0.866. The summed E-state index contributed by atoms with van der Waals surface area (Å²) >= 11 is 17.4. The van der Waals surface area contributed by atoms with Crippen molar-refractivity contribution in [3.63, 3.8) is 0 Å². The first-order chi connectivity index (χ1) is 6.38. The molecular weight excluding hydrogens is 257 g/mol. The number of rotatable bonds is 3. The predicted octanol–water partition coefficient (Wildman–Crippen LogP) is 5.79. The topological polar surface area (TPSA) is 0 Å². The molecule has 0 spiro atoms. The molecule has 1 aromatic carbocycles. The first kappa shape index (κ1) is 12.6. The van der Waals surface area contributed by atoms with E-state index in [2.05, 4.69) is 26.0 Å². The molecule has 0 aliphatic carbocycles. The van der Waals surface area contributed by atoms with Gasteiger partial charge in [0.1, 0.15) is 39.9 Å². The molecule has 0 unspecified atom stereocenters. The van der Waals surface area contributed by atoms with Gasteiger partial charge in [-0.25, -0.2) is 0 Å². The van der Waals surface area contributed by atoms with Gasteiger partial charge in [-0.3, -0.25) is 0 Å². The van der Waals surface area contributed by atoms with Crippen LogP contribution in [0, 0.1) is 0 Å². The molecular formula is C10H13Cl3P+. The number of hydrogen-bond acceptors (Lipinski definition) is 0. The van der Waals surface area contributed by atoms with Crippen LogP contribution in [0.1, 0.15) is 30.9 Å². The maximum atomic E-state index is 5.81. The second-order valence-electron chi connectivity index (χ2n) is 3.60. The minimum Gasteiger partial charge on any atom is -0.0587 e. The summed E-state index contributed by atoms with van der Waals surface area (Å²) in [6.07, 6.45) is 0.566. The highest BCUT2D eigenvalue weighted by Crippen LogP contribution is 2.75. The highest BCUT2D eigenvalue weighted by molar-refractivity contribution is 8.32. The van der Waals surface area contributed by atoms with Crippen molar-refractivity contribution in [2.24, 2.45) is 0 Å². The van der Waals surface area contributed by atoms with Crippen LogP contribution in [0.3, 0.4) is 0 Å². The van der Waals surface area contributed by atoms with Gasteiger partial charge < -0.3 is 0 Å². The zero-order valence-corrected chi connectivity index (χ0v) is 11.3. The van der Waals surface area contributed by atoms with Crippen molar-refractivity contribution in [1.82, 2.24) is 0 Å². The molecule has 0 heterocycles. The molecule has 0 atom stereocenters. The van der Waals surface area contributed by atoms with Gasteiger partial charge in [-0.2, -0.15) is 0 Å². The van der Waals surface area contributed by atoms with Crippen molar-refractivity contribution in [2.75, 3.05) is 0 Å².